The number of ether oxygens (including phenoxy) is 1. The molecule has 0 unspecified atom stereocenters. The lowest BCUT2D eigenvalue weighted by Gasteiger charge is -2.13. The summed E-state index contributed by atoms with van der Waals surface area (Å²) in [6.45, 7) is 2.25. The summed E-state index contributed by atoms with van der Waals surface area (Å²) >= 11 is 6.02. The number of rotatable bonds is 7. The van der Waals surface area contributed by atoms with Crippen LogP contribution in [0, 0.1) is 6.92 Å². The molecule has 0 spiro atoms. The molecule has 0 saturated carbocycles. The number of amides is 1. The molecular weight excluding hydrogens is 426 g/mol. The Labute approximate surface area is 191 Å². The van der Waals surface area contributed by atoms with E-state index in [-0.39, 0.29) is 5.91 Å². The van der Waals surface area contributed by atoms with E-state index in [0.29, 0.717) is 34.4 Å². The quantitative estimate of drug-likeness (QED) is 0.404. The summed E-state index contributed by atoms with van der Waals surface area (Å²) in [6.07, 6.45) is 3.36. The number of aromatic nitrogens is 3. The Morgan fingerprint density at radius 2 is 1.94 bits per heavy atom. The van der Waals surface area contributed by atoms with E-state index in [0.717, 1.165) is 16.9 Å². The first-order chi connectivity index (χ1) is 15.5. The van der Waals surface area contributed by atoms with E-state index in [1.165, 1.54) is 0 Å². The van der Waals surface area contributed by atoms with Crippen LogP contribution in [0.2, 0.25) is 5.02 Å². The molecule has 0 aliphatic carbocycles. The molecular formula is C24H22ClN5O2. The van der Waals surface area contributed by atoms with E-state index in [9.17, 15) is 4.79 Å². The molecule has 2 heterocycles. The average molecular weight is 448 g/mol. The Balaban J connectivity index is 1.47. The number of benzene rings is 2. The molecule has 8 heteroatoms. The van der Waals surface area contributed by atoms with Crippen molar-refractivity contribution in [3.8, 4) is 11.5 Å². The predicted molar refractivity (Wildman–Crippen MR) is 125 cm³/mol. The van der Waals surface area contributed by atoms with Crippen LogP contribution in [-0.2, 0) is 13.6 Å². The molecule has 1 amide bonds. The predicted octanol–water partition coefficient (Wildman–Crippen LogP) is 5.24. The Morgan fingerprint density at radius 1 is 1.09 bits per heavy atom. The topological polar surface area (TPSA) is 81.1 Å². The van der Waals surface area contributed by atoms with Crippen LogP contribution in [0.5, 0.6) is 11.5 Å². The van der Waals surface area contributed by atoms with Gasteiger partial charge < -0.3 is 15.4 Å². The second kappa shape index (κ2) is 9.53. The van der Waals surface area contributed by atoms with E-state index >= 15 is 0 Å². The summed E-state index contributed by atoms with van der Waals surface area (Å²) in [6, 6.07) is 18.2. The SMILES string of the molecule is Cc1c(Oc2ccnc(Nc3ccnn3C)c2)cccc1C(=O)NCc1cccc(Cl)c1. The fraction of sp³-hybridized carbons (Fsp3) is 0.125. The molecule has 0 atom stereocenters. The molecule has 2 N–H and O–H groups in total. The second-order valence-electron chi connectivity index (χ2n) is 7.19. The van der Waals surface area contributed by atoms with Crippen molar-refractivity contribution in [2.45, 2.75) is 13.5 Å². The third-order valence-corrected chi connectivity index (χ3v) is 5.14. The fourth-order valence-corrected chi connectivity index (χ4v) is 3.41. The molecule has 7 nitrogen and oxygen atoms in total. The van der Waals surface area contributed by atoms with Crippen molar-refractivity contribution in [2.24, 2.45) is 7.05 Å². The van der Waals surface area contributed by atoms with Gasteiger partial charge in [0.1, 0.15) is 23.1 Å². The van der Waals surface area contributed by atoms with Crippen molar-refractivity contribution in [3.05, 3.63) is 94.8 Å². The van der Waals surface area contributed by atoms with E-state index in [2.05, 4.69) is 20.7 Å². The summed E-state index contributed by atoms with van der Waals surface area (Å²) in [5.41, 5.74) is 2.22. The first-order valence-electron chi connectivity index (χ1n) is 10.0. The second-order valence-corrected chi connectivity index (χ2v) is 7.62. The number of aryl methyl sites for hydroxylation is 1. The molecule has 2 aromatic heterocycles. The smallest absolute Gasteiger partial charge is 0.251 e. The Morgan fingerprint density at radius 3 is 2.72 bits per heavy atom. The number of carbonyl (C=O) groups is 1. The summed E-state index contributed by atoms with van der Waals surface area (Å²) in [7, 11) is 1.84. The number of nitrogens with one attached hydrogen (secondary N) is 2. The first-order valence-corrected chi connectivity index (χ1v) is 10.4. The lowest BCUT2D eigenvalue weighted by Crippen LogP contribution is -2.23. The van der Waals surface area contributed by atoms with Gasteiger partial charge in [0.15, 0.2) is 0 Å². The highest BCUT2D eigenvalue weighted by atomic mass is 35.5. The van der Waals surface area contributed by atoms with Crippen LogP contribution in [0.1, 0.15) is 21.5 Å². The number of anilines is 2. The van der Waals surface area contributed by atoms with Crippen molar-refractivity contribution in [3.63, 3.8) is 0 Å². The van der Waals surface area contributed by atoms with Gasteiger partial charge in [0.25, 0.3) is 5.91 Å². The van der Waals surface area contributed by atoms with Crippen molar-refractivity contribution >= 4 is 29.1 Å². The Kier molecular flexibility index (Phi) is 6.37. The normalized spacial score (nSPS) is 10.6. The highest BCUT2D eigenvalue weighted by Crippen LogP contribution is 2.28. The number of pyridine rings is 1. The summed E-state index contributed by atoms with van der Waals surface area (Å²) in [5, 5.41) is 10.9. The van der Waals surface area contributed by atoms with Crippen molar-refractivity contribution in [2.75, 3.05) is 5.32 Å². The van der Waals surface area contributed by atoms with Crippen molar-refractivity contribution in [1.82, 2.24) is 20.1 Å². The van der Waals surface area contributed by atoms with E-state index < -0.39 is 0 Å². The molecule has 0 aliphatic heterocycles. The number of hydrogen-bond donors (Lipinski definition) is 2. The molecule has 32 heavy (non-hydrogen) atoms. The number of carbonyl (C=O) groups excluding carboxylic acids is 1. The van der Waals surface area contributed by atoms with Gasteiger partial charge in [0, 0.05) is 48.1 Å². The van der Waals surface area contributed by atoms with Crippen LogP contribution in [0.25, 0.3) is 0 Å². The minimum absolute atomic E-state index is 0.179. The summed E-state index contributed by atoms with van der Waals surface area (Å²) in [5.74, 6) is 2.45. The molecule has 4 rings (SSSR count). The standard InChI is InChI=1S/C24H22ClN5O2/c1-16-20(24(31)27-15-17-5-3-6-18(25)13-17)7-4-8-21(16)32-19-9-11-26-22(14-19)29-23-10-12-28-30(23)2/h3-14H,15H2,1-2H3,(H,26,29)(H,27,31). The van der Waals surface area contributed by atoms with Crippen LogP contribution in [0.3, 0.4) is 0 Å². The van der Waals surface area contributed by atoms with Crippen LogP contribution in [0.4, 0.5) is 11.6 Å². The largest absolute Gasteiger partial charge is 0.457 e. The molecule has 0 saturated heterocycles. The maximum absolute atomic E-state index is 12.8. The van der Waals surface area contributed by atoms with E-state index in [1.807, 2.05) is 44.3 Å². The number of hydrogen-bond acceptors (Lipinski definition) is 5. The Bertz CT molecular complexity index is 1250. The van der Waals surface area contributed by atoms with Gasteiger partial charge in [-0.25, -0.2) is 4.98 Å². The molecule has 0 aliphatic rings. The van der Waals surface area contributed by atoms with Gasteiger partial charge in [0.2, 0.25) is 0 Å². The fourth-order valence-electron chi connectivity index (χ4n) is 3.19. The highest BCUT2D eigenvalue weighted by Gasteiger charge is 2.13. The maximum atomic E-state index is 12.8. The minimum Gasteiger partial charge on any atom is -0.457 e. The van der Waals surface area contributed by atoms with E-state index in [1.54, 1.807) is 47.4 Å². The lowest BCUT2D eigenvalue weighted by molar-refractivity contribution is 0.0950. The van der Waals surface area contributed by atoms with Gasteiger partial charge in [-0.15, -0.1) is 0 Å². The molecule has 162 valence electrons. The van der Waals surface area contributed by atoms with Gasteiger partial charge in [-0.1, -0.05) is 29.8 Å². The van der Waals surface area contributed by atoms with Crippen LogP contribution in [0.15, 0.2) is 73.1 Å². The van der Waals surface area contributed by atoms with Crippen LogP contribution < -0.4 is 15.4 Å². The number of halogens is 1. The third-order valence-electron chi connectivity index (χ3n) is 4.91. The van der Waals surface area contributed by atoms with Crippen molar-refractivity contribution < 1.29 is 9.53 Å². The van der Waals surface area contributed by atoms with E-state index in [4.69, 9.17) is 16.3 Å². The summed E-state index contributed by atoms with van der Waals surface area (Å²) in [4.78, 5) is 17.1. The average Bonchev–Trinajstić information content (AvgIpc) is 3.18. The van der Waals surface area contributed by atoms with Gasteiger partial charge in [0.05, 0.1) is 6.20 Å². The lowest BCUT2D eigenvalue weighted by atomic mass is 10.1. The third kappa shape index (κ3) is 5.07. The zero-order valence-corrected chi connectivity index (χ0v) is 18.4. The molecule has 4 aromatic rings. The minimum atomic E-state index is -0.179. The summed E-state index contributed by atoms with van der Waals surface area (Å²) < 4.78 is 7.78. The van der Waals surface area contributed by atoms with Gasteiger partial charge in [-0.3, -0.25) is 9.48 Å². The van der Waals surface area contributed by atoms with Gasteiger partial charge >= 0.3 is 0 Å². The zero-order valence-electron chi connectivity index (χ0n) is 17.7. The first kappa shape index (κ1) is 21.4. The van der Waals surface area contributed by atoms with Gasteiger partial charge in [-0.2, -0.15) is 5.10 Å². The van der Waals surface area contributed by atoms with Crippen LogP contribution >= 0.6 is 11.6 Å². The molecule has 0 radical (unpaired) electrons. The Hall–Kier alpha value is -3.84. The zero-order chi connectivity index (χ0) is 22.5. The highest BCUT2D eigenvalue weighted by molar-refractivity contribution is 6.30. The van der Waals surface area contributed by atoms with Crippen LogP contribution in [-0.4, -0.2) is 20.7 Å². The monoisotopic (exact) mass is 447 g/mol. The maximum Gasteiger partial charge on any atom is 0.251 e. The molecule has 0 fully saturated rings. The van der Waals surface area contributed by atoms with Crippen molar-refractivity contribution in [1.29, 1.82) is 0 Å². The number of nitrogens with zero attached hydrogens (tertiary/aromatic N) is 3. The molecule has 0 bridgehead atoms. The molecule has 2 aromatic carbocycles. The van der Waals surface area contributed by atoms with Gasteiger partial charge in [-0.05, 0) is 42.8 Å².